The molecule has 0 spiro atoms. The van der Waals surface area contributed by atoms with Gasteiger partial charge in [-0.05, 0) is 23.8 Å². The van der Waals surface area contributed by atoms with Gasteiger partial charge in [-0.3, -0.25) is 9.59 Å². The molecule has 0 aliphatic carbocycles. The van der Waals surface area contributed by atoms with Crippen LogP contribution in [0.15, 0.2) is 72.9 Å². The summed E-state index contributed by atoms with van der Waals surface area (Å²) in [6, 6.07) is 16.1. The van der Waals surface area contributed by atoms with Gasteiger partial charge < -0.3 is 15.4 Å². The number of nitrogens with one attached hydrogen (secondary N) is 2. The number of para-hydroxylation sites is 1. The third-order valence-corrected chi connectivity index (χ3v) is 3.36. The Labute approximate surface area is 147 Å². The van der Waals surface area contributed by atoms with Crippen LogP contribution in [0.3, 0.4) is 0 Å². The van der Waals surface area contributed by atoms with E-state index >= 15 is 0 Å². The topological polar surface area (TPSA) is 67.4 Å². The maximum atomic E-state index is 12.6. The first-order valence-corrected chi connectivity index (χ1v) is 7.76. The Hall–Kier alpha value is -3.34. The van der Waals surface area contributed by atoms with Crippen molar-refractivity contribution in [1.82, 2.24) is 10.6 Å². The Morgan fingerprint density at radius 2 is 1.76 bits per heavy atom. The van der Waals surface area contributed by atoms with Gasteiger partial charge in [0.15, 0.2) is 0 Å². The van der Waals surface area contributed by atoms with Crippen LogP contribution in [0.2, 0.25) is 0 Å². The minimum absolute atomic E-state index is 0.143. The molecule has 0 saturated carbocycles. The fourth-order valence-electron chi connectivity index (χ4n) is 2.16. The van der Waals surface area contributed by atoms with Crippen molar-refractivity contribution < 1.29 is 14.3 Å². The van der Waals surface area contributed by atoms with Crippen LogP contribution >= 0.6 is 0 Å². The van der Waals surface area contributed by atoms with E-state index in [2.05, 4.69) is 17.2 Å². The molecule has 2 amide bonds. The largest absolute Gasteiger partial charge is 0.496 e. The first kappa shape index (κ1) is 18.0. The predicted octanol–water partition coefficient (Wildman–Crippen LogP) is 2.77. The first-order chi connectivity index (χ1) is 12.2. The molecule has 5 nitrogen and oxygen atoms in total. The lowest BCUT2D eigenvalue weighted by Gasteiger charge is -2.12. The number of carbonyl (C=O) groups excluding carboxylic acids is 2. The van der Waals surface area contributed by atoms with E-state index < -0.39 is 11.8 Å². The number of hydrogen-bond donors (Lipinski definition) is 2. The quantitative estimate of drug-likeness (QED) is 0.603. The summed E-state index contributed by atoms with van der Waals surface area (Å²) >= 11 is 0. The summed E-state index contributed by atoms with van der Waals surface area (Å²) in [5.41, 5.74) is 1.29. The zero-order valence-corrected chi connectivity index (χ0v) is 14.0. The van der Waals surface area contributed by atoms with E-state index in [0.717, 1.165) is 5.56 Å². The van der Waals surface area contributed by atoms with Crippen LogP contribution in [-0.2, 0) is 4.79 Å². The summed E-state index contributed by atoms with van der Waals surface area (Å²) in [7, 11) is 1.49. The molecule has 0 aromatic heterocycles. The molecule has 0 heterocycles. The van der Waals surface area contributed by atoms with E-state index in [9.17, 15) is 9.59 Å². The first-order valence-electron chi connectivity index (χ1n) is 7.76. The number of amides is 2. The fraction of sp³-hybridized carbons (Fsp3) is 0.100. The highest BCUT2D eigenvalue weighted by Crippen LogP contribution is 2.17. The second-order valence-electron chi connectivity index (χ2n) is 5.12. The number of ether oxygens (including phenoxy) is 1. The number of rotatable bonds is 7. The monoisotopic (exact) mass is 336 g/mol. The van der Waals surface area contributed by atoms with E-state index in [1.54, 1.807) is 36.4 Å². The van der Waals surface area contributed by atoms with Crippen molar-refractivity contribution in [2.24, 2.45) is 0 Å². The molecular weight excluding hydrogens is 316 g/mol. The molecule has 0 aliphatic rings. The summed E-state index contributed by atoms with van der Waals surface area (Å²) in [5, 5.41) is 5.33. The van der Waals surface area contributed by atoms with Crippen LogP contribution in [0.5, 0.6) is 5.75 Å². The molecule has 128 valence electrons. The molecule has 5 heteroatoms. The van der Waals surface area contributed by atoms with Gasteiger partial charge in [0.05, 0.1) is 12.7 Å². The number of methoxy groups -OCH3 is 1. The molecule has 0 radical (unpaired) electrons. The van der Waals surface area contributed by atoms with Crippen LogP contribution in [-0.4, -0.2) is 25.5 Å². The normalized spacial score (nSPS) is 10.7. The molecule has 0 fully saturated rings. The van der Waals surface area contributed by atoms with Crippen LogP contribution in [0.1, 0.15) is 15.9 Å². The Kier molecular flexibility index (Phi) is 6.54. The van der Waals surface area contributed by atoms with E-state index in [1.165, 1.54) is 7.11 Å². The van der Waals surface area contributed by atoms with Crippen LogP contribution in [0.25, 0.3) is 6.08 Å². The van der Waals surface area contributed by atoms with Crippen molar-refractivity contribution in [3.63, 3.8) is 0 Å². The maximum Gasteiger partial charge on any atom is 0.268 e. The third kappa shape index (κ3) is 5.07. The molecule has 2 aromatic carbocycles. The Morgan fingerprint density at radius 1 is 1.08 bits per heavy atom. The number of benzene rings is 2. The van der Waals surface area contributed by atoms with Crippen molar-refractivity contribution in [3.8, 4) is 5.75 Å². The molecule has 0 unspecified atom stereocenters. The molecule has 0 saturated heterocycles. The van der Waals surface area contributed by atoms with E-state index in [1.807, 2.05) is 30.3 Å². The summed E-state index contributed by atoms with van der Waals surface area (Å²) in [4.78, 5) is 24.9. The lowest BCUT2D eigenvalue weighted by molar-refractivity contribution is -0.117. The summed E-state index contributed by atoms with van der Waals surface area (Å²) in [6.45, 7) is 3.87. The Bertz CT molecular complexity index is 783. The van der Waals surface area contributed by atoms with Crippen molar-refractivity contribution in [2.45, 2.75) is 0 Å². The van der Waals surface area contributed by atoms with Crippen LogP contribution < -0.4 is 15.4 Å². The summed E-state index contributed by atoms with van der Waals surface area (Å²) in [6.07, 6.45) is 3.19. The van der Waals surface area contributed by atoms with Gasteiger partial charge in [0.1, 0.15) is 11.4 Å². The second kappa shape index (κ2) is 9.08. The van der Waals surface area contributed by atoms with Gasteiger partial charge in [-0.2, -0.15) is 0 Å². The zero-order valence-electron chi connectivity index (χ0n) is 14.0. The molecule has 2 rings (SSSR count). The maximum absolute atomic E-state index is 12.6. The number of carbonyl (C=O) groups is 2. The van der Waals surface area contributed by atoms with Gasteiger partial charge in [0, 0.05) is 6.54 Å². The van der Waals surface area contributed by atoms with Crippen LogP contribution in [0.4, 0.5) is 0 Å². The van der Waals surface area contributed by atoms with E-state index in [4.69, 9.17) is 4.74 Å². The smallest absolute Gasteiger partial charge is 0.268 e. The zero-order chi connectivity index (χ0) is 18.1. The van der Waals surface area contributed by atoms with Crippen molar-refractivity contribution in [2.75, 3.05) is 13.7 Å². The van der Waals surface area contributed by atoms with E-state index in [-0.39, 0.29) is 5.70 Å². The third-order valence-electron chi connectivity index (χ3n) is 3.36. The van der Waals surface area contributed by atoms with Gasteiger partial charge in [-0.15, -0.1) is 6.58 Å². The van der Waals surface area contributed by atoms with Gasteiger partial charge in [-0.1, -0.05) is 48.5 Å². The van der Waals surface area contributed by atoms with Crippen LogP contribution in [0, 0.1) is 0 Å². The van der Waals surface area contributed by atoms with E-state index in [0.29, 0.717) is 17.9 Å². The molecule has 25 heavy (non-hydrogen) atoms. The molecule has 2 aromatic rings. The highest BCUT2D eigenvalue weighted by atomic mass is 16.5. The Balaban J connectivity index is 2.29. The molecule has 2 N–H and O–H groups in total. The molecule has 0 bridgehead atoms. The second-order valence-corrected chi connectivity index (χ2v) is 5.12. The SMILES string of the molecule is C=CCNC(=O)/C(=C/c1ccccc1)NC(=O)c1ccccc1OC. The highest BCUT2D eigenvalue weighted by Gasteiger charge is 2.16. The predicted molar refractivity (Wildman–Crippen MR) is 98.1 cm³/mol. The van der Waals surface area contributed by atoms with Crippen molar-refractivity contribution >= 4 is 17.9 Å². The van der Waals surface area contributed by atoms with Crippen molar-refractivity contribution in [3.05, 3.63) is 84.1 Å². The highest BCUT2D eigenvalue weighted by molar-refractivity contribution is 6.06. The summed E-state index contributed by atoms with van der Waals surface area (Å²) < 4.78 is 5.20. The lowest BCUT2D eigenvalue weighted by atomic mass is 10.1. The van der Waals surface area contributed by atoms with Crippen molar-refractivity contribution in [1.29, 1.82) is 0 Å². The number of hydrogen-bond acceptors (Lipinski definition) is 3. The average molecular weight is 336 g/mol. The van der Waals surface area contributed by atoms with Gasteiger partial charge in [0.25, 0.3) is 11.8 Å². The van der Waals surface area contributed by atoms with Gasteiger partial charge in [-0.25, -0.2) is 0 Å². The Morgan fingerprint density at radius 3 is 2.44 bits per heavy atom. The molecule has 0 atom stereocenters. The minimum atomic E-state index is -0.423. The molecule has 0 aliphatic heterocycles. The molecular formula is C20H20N2O3. The minimum Gasteiger partial charge on any atom is -0.496 e. The van der Waals surface area contributed by atoms with Gasteiger partial charge >= 0.3 is 0 Å². The van der Waals surface area contributed by atoms with Gasteiger partial charge in [0.2, 0.25) is 0 Å². The lowest BCUT2D eigenvalue weighted by Crippen LogP contribution is -2.35. The standard InChI is InChI=1S/C20H20N2O3/c1-3-13-21-20(24)17(14-15-9-5-4-6-10-15)22-19(23)16-11-7-8-12-18(16)25-2/h3-12,14H,1,13H2,2H3,(H,21,24)(H,22,23)/b17-14-. The summed E-state index contributed by atoms with van der Waals surface area (Å²) in [5.74, 6) is -0.383. The fourth-order valence-corrected chi connectivity index (χ4v) is 2.16. The average Bonchev–Trinajstić information content (AvgIpc) is 2.66.